The maximum absolute atomic E-state index is 5.84. The molecule has 5 heteroatoms. The third kappa shape index (κ3) is 1.57. The number of rotatable bonds is 0. The second-order valence-corrected chi connectivity index (χ2v) is 3.30. The first kappa shape index (κ1) is 8.66. The number of fused-ring (bicyclic) bond motifs is 1. The quantitative estimate of drug-likeness (QED) is 0.499. The van der Waals surface area contributed by atoms with Crippen LogP contribution in [-0.4, -0.2) is 15.0 Å². The summed E-state index contributed by atoms with van der Waals surface area (Å²) < 4.78 is 0. The number of halogens is 2. The normalized spacial score (nSPS) is 10.7. The zero-order valence-corrected chi connectivity index (χ0v) is 8.26. The van der Waals surface area contributed by atoms with E-state index in [4.69, 9.17) is 23.2 Å². The average molecular weight is 214 g/mol. The van der Waals surface area contributed by atoms with Crippen molar-refractivity contribution in [3.05, 3.63) is 28.3 Å². The highest BCUT2D eigenvalue weighted by Gasteiger charge is 2.05. The van der Waals surface area contributed by atoms with Gasteiger partial charge in [0.05, 0.1) is 5.52 Å². The van der Waals surface area contributed by atoms with Crippen LogP contribution in [0.3, 0.4) is 0 Å². The van der Waals surface area contributed by atoms with Gasteiger partial charge < -0.3 is 0 Å². The molecule has 2 heterocycles. The smallest absolute Gasteiger partial charge is 0.224 e. The molecule has 0 N–H and O–H groups in total. The molecule has 0 amide bonds. The van der Waals surface area contributed by atoms with Crippen molar-refractivity contribution >= 4 is 34.2 Å². The molecule has 0 radical (unpaired) electrons. The van der Waals surface area contributed by atoms with Crippen LogP contribution in [0.2, 0.25) is 10.4 Å². The third-order valence-corrected chi connectivity index (χ3v) is 2.04. The number of pyridine rings is 1. The Morgan fingerprint density at radius 2 is 1.85 bits per heavy atom. The van der Waals surface area contributed by atoms with E-state index in [0.717, 1.165) is 5.69 Å². The molecule has 0 saturated heterocycles. The van der Waals surface area contributed by atoms with Crippen LogP contribution in [0, 0.1) is 6.92 Å². The molecule has 2 rings (SSSR count). The Morgan fingerprint density at radius 3 is 2.62 bits per heavy atom. The lowest BCUT2D eigenvalue weighted by Crippen LogP contribution is -1.90. The minimum Gasteiger partial charge on any atom is -0.248 e. The summed E-state index contributed by atoms with van der Waals surface area (Å²) >= 11 is 11.5. The van der Waals surface area contributed by atoms with Gasteiger partial charge in [0, 0.05) is 5.69 Å². The fourth-order valence-electron chi connectivity index (χ4n) is 1.05. The molecule has 0 aliphatic heterocycles. The van der Waals surface area contributed by atoms with Crippen LogP contribution in [0.15, 0.2) is 12.1 Å². The molecule has 0 aliphatic rings. The van der Waals surface area contributed by atoms with E-state index in [2.05, 4.69) is 15.0 Å². The molecule has 66 valence electrons. The minimum atomic E-state index is 0.142. The molecule has 0 saturated carbocycles. The number of aromatic nitrogens is 3. The van der Waals surface area contributed by atoms with Gasteiger partial charge in [-0.1, -0.05) is 11.6 Å². The predicted molar refractivity (Wildman–Crippen MR) is 52.1 cm³/mol. The Balaban J connectivity index is 2.87. The van der Waals surface area contributed by atoms with Crippen molar-refractivity contribution in [2.24, 2.45) is 0 Å². The Hall–Kier alpha value is -0.930. The fraction of sp³-hybridized carbons (Fsp3) is 0.125. The van der Waals surface area contributed by atoms with E-state index >= 15 is 0 Å². The molecular weight excluding hydrogens is 209 g/mol. The van der Waals surface area contributed by atoms with Gasteiger partial charge >= 0.3 is 0 Å². The third-order valence-electron chi connectivity index (χ3n) is 1.61. The Labute approximate surface area is 84.7 Å². The minimum absolute atomic E-state index is 0.142. The highest BCUT2D eigenvalue weighted by atomic mass is 35.5. The van der Waals surface area contributed by atoms with E-state index in [1.807, 2.05) is 19.1 Å². The maximum Gasteiger partial charge on any atom is 0.224 e. The summed E-state index contributed by atoms with van der Waals surface area (Å²) in [6.45, 7) is 1.88. The molecule has 2 aromatic heterocycles. The first-order valence-electron chi connectivity index (χ1n) is 3.63. The molecule has 0 bridgehead atoms. The highest BCUT2D eigenvalue weighted by Crippen LogP contribution is 2.19. The molecule has 13 heavy (non-hydrogen) atoms. The zero-order valence-electron chi connectivity index (χ0n) is 6.75. The van der Waals surface area contributed by atoms with Crippen molar-refractivity contribution in [3.8, 4) is 0 Å². The summed E-state index contributed by atoms with van der Waals surface area (Å²) in [6.07, 6.45) is 0. The van der Waals surface area contributed by atoms with E-state index < -0.39 is 0 Å². The van der Waals surface area contributed by atoms with Crippen molar-refractivity contribution in [3.63, 3.8) is 0 Å². The Bertz CT molecular complexity index is 470. The molecule has 0 spiro atoms. The molecule has 0 aromatic carbocycles. The van der Waals surface area contributed by atoms with Gasteiger partial charge in [-0.3, -0.25) is 0 Å². The largest absolute Gasteiger partial charge is 0.248 e. The van der Waals surface area contributed by atoms with E-state index in [9.17, 15) is 0 Å². The first-order chi connectivity index (χ1) is 6.16. The van der Waals surface area contributed by atoms with Crippen molar-refractivity contribution in [2.45, 2.75) is 6.92 Å². The second-order valence-electron chi connectivity index (χ2n) is 2.60. The van der Waals surface area contributed by atoms with E-state index in [1.54, 1.807) is 0 Å². The Morgan fingerprint density at radius 1 is 1.08 bits per heavy atom. The van der Waals surface area contributed by atoms with Gasteiger partial charge in [-0.2, -0.15) is 0 Å². The molecule has 0 atom stereocenters. The average Bonchev–Trinajstić information content (AvgIpc) is 2.06. The summed E-state index contributed by atoms with van der Waals surface area (Å²) in [5.74, 6) is 0. The van der Waals surface area contributed by atoms with Crippen molar-refractivity contribution in [1.29, 1.82) is 0 Å². The molecule has 0 fully saturated rings. The van der Waals surface area contributed by atoms with Crippen LogP contribution in [0.1, 0.15) is 5.69 Å². The van der Waals surface area contributed by atoms with Gasteiger partial charge in [0.15, 0.2) is 5.15 Å². The number of hydrogen-bond acceptors (Lipinski definition) is 3. The van der Waals surface area contributed by atoms with Gasteiger partial charge in [0.25, 0.3) is 0 Å². The number of aryl methyl sites for hydroxylation is 1. The topological polar surface area (TPSA) is 38.7 Å². The SMILES string of the molecule is Cc1ccc2nc(Cl)nc(Cl)c2n1. The van der Waals surface area contributed by atoms with E-state index in [-0.39, 0.29) is 5.28 Å². The number of nitrogens with zero attached hydrogens (tertiary/aromatic N) is 3. The van der Waals surface area contributed by atoms with Crippen LogP contribution >= 0.6 is 23.2 Å². The van der Waals surface area contributed by atoms with Crippen LogP contribution in [-0.2, 0) is 0 Å². The summed E-state index contributed by atoms with van der Waals surface area (Å²) in [6, 6.07) is 3.67. The van der Waals surface area contributed by atoms with Crippen LogP contribution in [0.25, 0.3) is 11.0 Å². The maximum atomic E-state index is 5.84. The van der Waals surface area contributed by atoms with E-state index in [0.29, 0.717) is 16.2 Å². The first-order valence-corrected chi connectivity index (χ1v) is 4.39. The fourth-order valence-corrected chi connectivity index (χ4v) is 1.49. The Kier molecular flexibility index (Phi) is 2.06. The lowest BCUT2D eigenvalue weighted by molar-refractivity contribution is 1.17. The highest BCUT2D eigenvalue weighted by molar-refractivity contribution is 6.35. The van der Waals surface area contributed by atoms with Crippen LogP contribution < -0.4 is 0 Å². The summed E-state index contributed by atoms with van der Waals surface area (Å²) in [7, 11) is 0. The monoisotopic (exact) mass is 213 g/mol. The van der Waals surface area contributed by atoms with E-state index in [1.165, 1.54) is 0 Å². The van der Waals surface area contributed by atoms with Crippen LogP contribution in [0.4, 0.5) is 0 Å². The molecular formula is C8H5Cl2N3. The zero-order chi connectivity index (χ0) is 9.42. The second kappa shape index (κ2) is 3.09. The lowest BCUT2D eigenvalue weighted by Gasteiger charge is -1.99. The van der Waals surface area contributed by atoms with Crippen molar-refractivity contribution < 1.29 is 0 Å². The summed E-state index contributed by atoms with van der Waals surface area (Å²) in [5.41, 5.74) is 2.13. The molecule has 0 unspecified atom stereocenters. The molecule has 0 aliphatic carbocycles. The molecule has 3 nitrogen and oxygen atoms in total. The van der Waals surface area contributed by atoms with Gasteiger partial charge in [-0.05, 0) is 30.7 Å². The van der Waals surface area contributed by atoms with Crippen LogP contribution in [0.5, 0.6) is 0 Å². The predicted octanol–water partition coefficient (Wildman–Crippen LogP) is 2.64. The summed E-state index contributed by atoms with van der Waals surface area (Å²) in [5, 5.41) is 0.432. The van der Waals surface area contributed by atoms with Gasteiger partial charge in [-0.25, -0.2) is 15.0 Å². The van der Waals surface area contributed by atoms with Crippen molar-refractivity contribution in [1.82, 2.24) is 15.0 Å². The lowest BCUT2D eigenvalue weighted by atomic mass is 10.3. The summed E-state index contributed by atoms with van der Waals surface area (Å²) in [4.78, 5) is 12.0. The van der Waals surface area contributed by atoms with Gasteiger partial charge in [0.2, 0.25) is 5.28 Å². The standard InChI is InChI=1S/C8H5Cl2N3/c1-4-2-3-5-6(11-4)7(9)13-8(10)12-5/h2-3H,1H3. The van der Waals surface area contributed by atoms with Gasteiger partial charge in [-0.15, -0.1) is 0 Å². The van der Waals surface area contributed by atoms with Crippen molar-refractivity contribution in [2.75, 3.05) is 0 Å². The number of hydrogen-bond donors (Lipinski definition) is 0. The molecule has 2 aromatic rings. The van der Waals surface area contributed by atoms with Gasteiger partial charge in [0.1, 0.15) is 5.52 Å².